The standard InChI is InChI=1S/2C11H12N.2ClH.Zr/c2*1-12(2)11-7-6-9-4-3-5-10(9)8-11;;;/h2*3-8H,1-2H3;2*1H;/q;;;;+2/p-2. The van der Waals surface area contributed by atoms with Gasteiger partial charge in [0.15, 0.2) is 0 Å². The van der Waals surface area contributed by atoms with Gasteiger partial charge in [-0.3, -0.25) is 0 Å². The van der Waals surface area contributed by atoms with E-state index in [1.54, 1.807) is 11.1 Å². The van der Waals surface area contributed by atoms with Crippen LogP contribution in [0, 0.1) is 0 Å². The number of hydrogen-bond acceptors (Lipinski definition) is 2. The van der Waals surface area contributed by atoms with Crippen molar-refractivity contribution < 1.29 is 48.0 Å². The average Bonchev–Trinajstić information content (AvgIpc) is 3.18. The van der Waals surface area contributed by atoms with Crippen molar-refractivity contribution in [2.45, 2.75) is 7.25 Å². The average molecular weight is 479 g/mol. The fraction of sp³-hybridized carbons (Fsp3) is 0.273. The van der Waals surface area contributed by atoms with E-state index >= 15 is 0 Å². The predicted molar refractivity (Wildman–Crippen MR) is 105 cm³/mol. The second-order valence-electron chi connectivity index (χ2n) is 7.26. The van der Waals surface area contributed by atoms with Crippen molar-refractivity contribution in [2.24, 2.45) is 0 Å². The maximum Gasteiger partial charge on any atom is -1.00 e. The third kappa shape index (κ3) is 4.37. The molecule has 0 amide bonds. The predicted octanol–water partition coefficient (Wildman–Crippen LogP) is -1.25. The zero-order valence-electron chi connectivity index (χ0n) is 16.1. The van der Waals surface area contributed by atoms with Crippen LogP contribution >= 0.6 is 0 Å². The third-order valence-electron chi connectivity index (χ3n) is 5.14. The summed E-state index contributed by atoms with van der Waals surface area (Å²) in [5, 5.41) is 0. The second kappa shape index (κ2) is 8.99. The largest absolute Gasteiger partial charge is 1.00 e. The van der Waals surface area contributed by atoms with Gasteiger partial charge in [0.05, 0.1) is 0 Å². The molecule has 27 heavy (non-hydrogen) atoms. The van der Waals surface area contributed by atoms with Gasteiger partial charge in [0, 0.05) is 0 Å². The van der Waals surface area contributed by atoms with E-state index in [0.717, 1.165) is 0 Å². The topological polar surface area (TPSA) is 6.48 Å². The van der Waals surface area contributed by atoms with Crippen molar-refractivity contribution in [3.63, 3.8) is 0 Å². The number of anilines is 2. The van der Waals surface area contributed by atoms with Gasteiger partial charge >= 0.3 is 163 Å². The maximum atomic E-state index is 2.45. The van der Waals surface area contributed by atoms with Crippen LogP contribution in [0.15, 0.2) is 48.6 Å². The molecule has 2 nitrogen and oxygen atoms in total. The molecular weight excluding hydrogens is 454 g/mol. The Hall–Kier alpha value is -1.02. The molecule has 140 valence electrons. The van der Waals surface area contributed by atoms with Gasteiger partial charge in [-0.25, -0.2) is 0 Å². The van der Waals surface area contributed by atoms with E-state index in [4.69, 9.17) is 0 Å². The van der Waals surface area contributed by atoms with E-state index in [-0.39, 0.29) is 24.8 Å². The van der Waals surface area contributed by atoms with E-state index < -0.39 is 23.2 Å². The zero-order valence-corrected chi connectivity index (χ0v) is 20.0. The summed E-state index contributed by atoms with van der Waals surface area (Å²) in [7, 11) is 8.43. The molecule has 0 aliphatic heterocycles. The van der Waals surface area contributed by atoms with Crippen LogP contribution in [0.25, 0.3) is 12.2 Å². The minimum Gasteiger partial charge on any atom is -1.00 e. The van der Waals surface area contributed by atoms with Gasteiger partial charge in [-0.2, -0.15) is 0 Å². The van der Waals surface area contributed by atoms with Crippen molar-refractivity contribution >= 4 is 23.5 Å². The van der Waals surface area contributed by atoms with E-state index in [9.17, 15) is 0 Å². The van der Waals surface area contributed by atoms with Gasteiger partial charge in [-0.1, -0.05) is 0 Å². The number of benzene rings is 2. The molecule has 0 saturated carbocycles. The first-order valence-electron chi connectivity index (χ1n) is 8.78. The van der Waals surface area contributed by atoms with Gasteiger partial charge in [-0.05, 0) is 0 Å². The quantitative estimate of drug-likeness (QED) is 0.542. The fourth-order valence-corrected chi connectivity index (χ4v) is 7.77. The third-order valence-corrected chi connectivity index (χ3v) is 9.38. The molecule has 4 rings (SSSR count). The maximum absolute atomic E-state index is 2.45. The molecule has 2 atom stereocenters. The SMILES string of the molecule is CN(C)c1ccc2c(c1)C=C[CH]2[Zr+2][CH]1C=Cc2cc(N(C)C)ccc21.[Cl-].[Cl-]. The van der Waals surface area contributed by atoms with Gasteiger partial charge in [0.25, 0.3) is 0 Å². The molecule has 0 spiro atoms. The van der Waals surface area contributed by atoms with Crippen LogP contribution in [0.3, 0.4) is 0 Å². The molecule has 2 aromatic rings. The van der Waals surface area contributed by atoms with Gasteiger partial charge in [0.1, 0.15) is 0 Å². The molecule has 0 bridgehead atoms. The molecule has 2 aromatic carbocycles. The molecule has 5 heteroatoms. The Morgan fingerprint density at radius 3 is 1.44 bits per heavy atom. The summed E-state index contributed by atoms with van der Waals surface area (Å²) in [6, 6.07) is 13.9. The molecule has 0 fully saturated rings. The number of hydrogen-bond donors (Lipinski definition) is 0. The minimum atomic E-state index is -0.646. The number of rotatable bonds is 4. The number of fused-ring (bicyclic) bond motifs is 2. The molecule has 0 saturated heterocycles. The molecule has 0 radical (unpaired) electrons. The Balaban J connectivity index is 0.00000131. The van der Waals surface area contributed by atoms with Crippen LogP contribution in [0.4, 0.5) is 11.4 Å². The summed E-state index contributed by atoms with van der Waals surface area (Å²) >= 11 is -0.646. The Bertz CT molecular complexity index is 803. The molecule has 2 aliphatic rings. The summed E-state index contributed by atoms with van der Waals surface area (Å²) in [5.41, 5.74) is 8.51. The molecule has 0 N–H and O–H groups in total. The van der Waals surface area contributed by atoms with Crippen LogP contribution in [0.2, 0.25) is 0 Å². The van der Waals surface area contributed by atoms with E-state index in [2.05, 4.69) is 98.7 Å². The Morgan fingerprint density at radius 2 is 1.07 bits per heavy atom. The zero-order chi connectivity index (χ0) is 17.6. The molecule has 2 aliphatic carbocycles. The normalized spacial score (nSPS) is 18.1. The summed E-state index contributed by atoms with van der Waals surface area (Å²) in [5.74, 6) is 0. The van der Waals surface area contributed by atoms with Crippen LogP contribution in [0.1, 0.15) is 29.5 Å². The number of halogens is 2. The van der Waals surface area contributed by atoms with Gasteiger partial charge < -0.3 is 24.8 Å². The molecular formula is C22H24Cl2N2Zr. The summed E-state index contributed by atoms with van der Waals surface area (Å²) in [6.45, 7) is 0. The molecule has 0 heterocycles. The van der Waals surface area contributed by atoms with Crippen molar-refractivity contribution in [1.29, 1.82) is 0 Å². The van der Waals surface area contributed by atoms with Crippen LogP contribution < -0.4 is 34.6 Å². The first-order valence-corrected chi connectivity index (χ1v) is 11.6. The van der Waals surface area contributed by atoms with Crippen LogP contribution in [0.5, 0.6) is 0 Å². The van der Waals surface area contributed by atoms with Crippen molar-refractivity contribution in [2.75, 3.05) is 38.0 Å². The first-order chi connectivity index (χ1) is 12.0. The number of allylic oxidation sites excluding steroid dienone is 2. The van der Waals surface area contributed by atoms with Crippen molar-refractivity contribution in [3.8, 4) is 0 Å². The van der Waals surface area contributed by atoms with E-state index in [0.29, 0.717) is 7.25 Å². The molecule has 0 aromatic heterocycles. The smallest absolute Gasteiger partial charge is 1.00 e. The van der Waals surface area contributed by atoms with Crippen molar-refractivity contribution in [1.82, 2.24) is 0 Å². The van der Waals surface area contributed by atoms with E-state index in [1.165, 1.54) is 22.5 Å². The van der Waals surface area contributed by atoms with E-state index in [1.807, 2.05) is 0 Å². The van der Waals surface area contributed by atoms with Gasteiger partial charge in [-0.15, -0.1) is 0 Å². The monoisotopic (exact) mass is 476 g/mol. The number of nitrogens with zero attached hydrogens (tertiary/aromatic N) is 2. The first kappa shape index (κ1) is 22.3. The summed E-state index contributed by atoms with van der Waals surface area (Å²) in [6.07, 6.45) is 9.58. The Morgan fingerprint density at radius 1 is 0.667 bits per heavy atom. The Kier molecular flexibility index (Phi) is 7.42. The molecule has 2 unspecified atom stereocenters. The van der Waals surface area contributed by atoms with Crippen LogP contribution in [-0.2, 0) is 23.2 Å². The van der Waals surface area contributed by atoms with Gasteiger partial charge in [0.2, 0.25) is 0 Å². The second-order valence-corrected chi connectivity index (χ2v) is 11.1. The van der Waals surface area contributed by atoms with Crippen LogP contribution in [-0.4, -0.2) is 28.2 Å². The minimum absolute atomic E-state index is 0. The summed E-state index contributed by atoms with van der Waals surface area (Å²) in [4.78, 5) is 4.36. The summed E-state index contributed by atoms with van der Waals surface area (Å²) < 4.78 is 1.37. The van der Waals surface area contributed by atoms with Crippen molar-refractivity contribution in [3.05, 3.63) is 70.8 Å². The Labute approximate surface area is 186 Å². The fourth-order valence-electron chi connectivity index (χ4n) is 3.63.